The van der Waals surface area contributed by atoms with Gasteiger partial charge in [-0.15, -0.1) is 0 Å². The molecule has 2 N–H and O–H groups in total. The standard InChI is InChI=1S/C15H20N2O/c1-9(2)8-16-15(18)13-7-5-6-12-10(3)11(4)17-14(12)13/h5-7,9,17H,8H2,1-4H3,(H,16,18). The Morgan fingerprint density at radius 2 is 2.06 bits per heavy atom. The third kappa shape index (κ3) is 2.26. The highest BCUT2D eigenvalue weighted by molar-refractivity contribution is 6.06. The smallest absolute Gasteiger partial charge is 0.253 e. The van der Waals surface area contributed by atoms with E-state index in [2.05, 4.69) is 31.1 Å². The molecule has 0 atom stereocenters. The van der Waals surface area contributed by atoms with Crippen LogP contribution in [0.5, 0.6) is 0 Å². The number of para-hydroxylation sites is 1. The lowest BCUT2D eigenvalue weighted by Gasteiger charge is -2.08. The van der Waals surface area contributed by atoms with E-state index >= 15 is 0 Å². The molecule has 18 heavy (non-hydrogen) atoms. The van der Waals surface area contributed by atoms with Crippen molar-refractivity contribution < 1.29 is 4.79 Å². The number of nitrogens with one attached hydrogen (secondary N) is 2. The van der Waals surface area contributed by atoms with Crippen molar-refractivity contribution in [2.75, 3.05) is 6.54 Å². The van der Waals surface area contributed by atoms with E-state index < -0.39 is 0 Å². The maximum Gasteiger partial charge on any atom is 0.253 e. The number of H-pyrrole nitrogens is 1. The van der Waals surface area contributed by atoms with Crippen LogP contribution in [0.15, 0.2) is 18.2 Å². The van der Waals surface area contributed by atoms with Crippen LogP contribution in [-0.4, -0.2) is 17.4 Å². The van der Waals surface area contributed by atoms with E-state index in [1.54, 1.807) is 0 Å². The number of aromatic amines is 1. The topological polar surface area (TPSA) is 44.9 Å². The van der Waals surface area contributed by atoms with Crippen LogP contribution in [0.4, 0.5) is 0 Å². The average Bonchev–Trinajstić information content (AvgIpc) is 2.62. The summed E-state index contributed by atoms with van der Waals surface area (Å²) in [5, 5.41) is 4.09. The van der Waals surface area contributed by atoms with Gasteiger partial charge in [-0.05, 0) is 31.4 Å². The molecule has 3 heteroatoms. The van der Waals surface area contributed by atoms with Crippen molar-refractivity contribution in [3.05, 3.63) is 35.0 Å². The van der Waals surface area contributed by atoms with E-state index in [0.717, 1.165) is 22.2 Å². The van der Waals surface area contributed by atoms with Crippen LogP contribution >= 0.6 is 0 Å². The van der Waals surface area contributed by atoms with Gasteiger partial charge in [-0.25, -0.2) is 0 Å². The third-order valence-electron chi connectivity index (χ3n) is 3.26. The fraction of sp³-hybridized carbons (Fsp3) is 0.400. The maximum absolute atomic E-state index is 12.2. The summed E-state index contributed by atoms with van der Waals surface area (Å²) in [6, 6.07) is 5.85. The second-order valence-corrected chi connectivity index (χ2v) is 5.21. The van der Waals surface area contributed by atoms with Gasteiger partial charge in [0.25, 0.3) is 5.91 Å². The van der Waals surface area contributed by atoms with Crippen LogP contribution in [0.25, 0.3) is 10.9 Å². The van der Waals surface area contributed by atoms with Crippen molar-refractivity contribution in [2.45, 2.75) is 27.7 Å². The predicted molar refractivity (Wildman–Crippen MR) is 74.9 cm³/mol. The first-order valence-corrected chi connectivity index (χ1v) is 6.36. The summed E-state index contributed by atoms with van der Waals surface area (Å²) in [4.78, 5) is 15.5. The van der Waals surface area contributed by atoms with Crippen molar-refractivity contribution in [1.29, 1.82) is 0 Å². The van der Waals surface area contributed by atoms with E-state index in [9.17, 15) is 4.79 Å². The van der Waals surface area contributed by atoms with Gasteiger partial charge in [0.15, 0.2) is 0 Å². The normalized spacial score (nSPS) is 11.2. The van der Waals surface area contributed by atoms with Crippen LogP contribution in [0, 0.1) is 19.8 Å². The Morgan fingerprint density at radius 1 is 1.33 bits per heavy atom. The quantitative estimate of drug-likeness (QED) is 0.855. The highest BCUT2D eigenvalue weighted by atomic mass is 16.1. The number of hydrogen-bond donors (Lipinski definition) is 2. The molecule has 2 aromatic rings. The Hall–Kier alpha value is -1.77. The number of rotatable bonds is 3. The Balaban J connectivity index is 2.39. The van der Waals surface area contributed by atoms with Gasteiger partial charge in [0.1, 0.15) is 0 Å². The molecule has 96 valence electrons. The van der Waals surface area contributed by atoms with Crippen LogP contribution in [0.3, 0.4) is 0 Å². The zero-order valence-corrected chi connectivity index (χ0v) is 11.4. The van der Waals surface area contributed by atoms with Gasteiger partial charge >= 0.3 is 0 Å². The second-order valence-electron chi connectivity index (χ2n) is 5.21. The lowest BCUT2D eigenvalue weighted by Crippen LogP contribution is -2.27. The van der Waals surface area contributed by atoms with Crippen LogP contribution in [-0.2, 0) is 0 Å². The van der Waals surface area contributed by atoms with Crippen molar-refractivity contribution in [3.63, 3.8) is 0 Å². The Bertz CT molecular complexity index is 581. The second kappa shape index (κ2) is 4.84. The van der Waals surface area contributed by atoms with E-state index in [0.29, 0.717) is 12.5 Å². The van der Waals surface area contributed by atoms with Crippen LogP contribution < -0.4 is 5.32 Å². The molecule has 0 bridgehead atoms. The Morgan fingerprint density at radius 3 is 2.72 bits per heavy atom. The van der Waals surface area contributed by atoms with Gasteiger partial charge in [-0.2, -0.15) is 0 Å². The summed E-state index contributed by atoms with van der Waals surface area (Å²) in [5.74, 6) is 0.454. The first-order chi connectivity index (χ1) is 8.50. The van der Waals surface area contributed by atoms with Gasteiger partial charge < -0.3 is 10.3 Å². The molecule has 2 rings (SSSR count). The van der Waals surface area contributed by atoms with Crippen molar-refractivity contribution in [3.8, 4) is 0 Å². The number of fused-ring (bicyclic) bond motifs is 1. The average molecular weight is 244 g/mol. The van der Waals surface area contributed by atoms with E-state index in [-0.39, 0.29) is 5.91 Å². The molecule has 0 spiro atoms. The molecule has 1 aromatic heterocycles. The fourth-order valence-electron chi connectivity index (χ4n) is 2.06. The molecule has 0 saturated heterocycles. The Labute approximate surface area is 108 Å². The van der Waals surface area contributed by atoms with Crippen molar-refractivity contribution in [2.24, 2.45) is 5.92 Å². The molecule has 0 aliphatic rings. The molecule has 3 nitrogen and oxygen atoms in total. The zero-order valence-electron chi connectivity index (χ0n) is 11.4. The Kier molecular flexibility index (Phi) is 3.41. The highest BCUT2D eigenvalue weighted by Crippen LogP contribution is 2.24. The number of aromatic nitrogens is 1. The van der Waals surface area contributed by atoms with Gasteiger partial charge in [0, 0.05) is 17.6 Å². The summed E-state index contributed by atoms with van der Waals surface area (Å²) < 4.78 is 0. The molecular formula is C15H20N2O. The summed E-state index contributed by atoms with van der Waals surface area (Å²) >= 11 is 0. The summed E-state index contributed by atoms with van der Waals surface area (Å²) in [6.45, 7) is 8.98. The number of carbonyl (C=O) groups excluding carboxylic acids is 1. The minimum Gasteiger partial charge on any atom is -0.358 e. The molecule has 0 aliphatic carbocycles. The fourth-order valence-corrected chi connectivity index (χ4v) is 2.06. The number of aryl methyl sites for hydroxylation is 2. The molecule has 0 aliphatic heterocycles. The molecule has 0 fully saturated rings. The number of benzene rings is 1. The van der Waals surface area contributed by atoms with Gasteiger partial charge in [0.2, 0.25) is 0 Å². The summed E-state index contributed by atoms with van der Waals surface area (Å²) in [6.07, 6.45) is 0. The highest BCUT2D eigenvalue weighted by Gasteiger charge is 2.13. The van der Waals surface area contributed by atoms with Gasteiger partial charge in [-0.3, -0.25) is 4.79 Å². The molecular weight excluding hydrogens is 224 g/mol. The minimum absolute atomic E-state index is 0.00412. The lowest BCUT2D eigenvalue weighted by atomic mass is 10.1. The lowest BCUT2D eigenvalue weighted by molar-refractivity contribution is 0.0950. The first-order valence-electron chi connectivity index (χ1n) is 6.36. The number of carbonyl (C=O) groups is 1. The monoisotopic (exact) mass is 244 g/mol. The summed E-state index contributed by atoms with van der Waals surface area (Å²) in [7, 11) is 0. The van der Waals surface area contributed by atoms with Crippen molar-refractivity contribution >= 4 is 16.8 Å². The SMILES string of the molecule is Cc1[nH]c2c(C(=O)NCC(C)C)cccc2c1C. The summed E-state index contributed by atoms with van der Waals surface area (Å²) in [5.41, 5.74) is 4.00. The van der Waals surface area contributed by atoms with E-state index in [1.807, 2.05) is 25.1 Å². The van der Waals surface area contributed by atoms with Gasteiger partial charge in [0.05, 0.1) is 11.1 Å². The van der Waals surface area contributed by atoms with E-state index in [4.69, 9.17) is 0 Å². The zero-order chi connectivity index (χ0) is 13.3. The third-order valence-corrected chi connectivity index (χ3v) is 3.26. The van der Waals surface area contributed by atoms with Crippen LogP contribution in [0.2, 0.25) is 0 Å². The first kappa shape index (κ1) is 12.7. The van der Waals surface area contributed by atoms with Crippen LogP contribution in [0.1, 0.15) is 35.5 Å². The van der Waals surface area contributed by atoms with E-state index in [1.165, 1.54) is 5.56 Å². The molecule has 1 aromatic carbocycles. The maximum atomic E-state index is 12.2. The number of amides is 1. The molecule has 1 amide bonds. The molecule has 0 radical (unpaired) electrons. The largest absolute Gasteiger partial charge is 0.358 e. The molecule has 0 unspecified atom stereocenters. The number of hydrogen-bond acceptors (Lipinski definition) is 1. The van der Waals surface area contributed by atoms with Crippen molar-refractivity contribution in [1.82, 2.24) is 10.3 Å². The molecule has 0 saturated carbocycles. The minimum atomic E-state index is -0.00412. The predicted octanol–water partition coefficient (Wildman–Crippen LogP) is 3.17. The van der Waals surface area contributed by atoms with Gasteiger partial charge in [-0.1, -0.05) is 26.0 Å². The molecule has 1 heterocycles.